The second-order valence-electron chi connectivity index (χ2n) is 5.29. The Morgan fingerprint density at radius 3 is 2.60 bits per heavy atom. The van der Waals surface area contributed by atoms with Crippen molar-refractivity contribution in [3.05, 3.63) is 23.8 Å². The van der Waals surface area contributed by atoms with Gasteiger partial charge in [-0.25, -0.2) is 0 Å². The minimum absolute atomic E-state index is 0. The number of rotatable bonds is 5. The van der Waals surface area contributed by atoms with Crippen LogP contribution in [0.1, 0.15) is 18.9 Å². The van der Waals surface area contributed by atoms with Crippen LogP contribution in [-0.4, -0.2) is 38.3 Å². The Morgan fingerprint density at radius 2 is 2.05 bits per heavy atom. The fraction of sp³-hybridized carbons (Fsp3) is 0.600. The van der Waals surface area contributed by atoms with Crippen molar-refractivity contribution in [2.45, 2.75) is 25.9 Å². The summed E-state index contributed by atoms with van der Waals surface area (Å²) in [5, 5.41) is 0. The van der Waals surface area contributed by atoms with Crippen LogP contribution in [0.25, 0.3) is 0 Å². The van der Waals surface area contributed by atoms with Crippen LogP contribution >= 0.6 is 12.4 Å². The van der Waals surface area contributed by atoms with Crippen LogP contribution in [0.4, 0.5) is 0 Å². The number of nitrogens with two attached hydrogens (primary N) is 1. The van der Waals surface area contributed by atoms with E-state index in [2.05, 4.69) is 17.9 Å². The molecule has 0 spiro atoms. The Morgan fingerprint density at radius 1 is 1.30 bits per heavy atom. The molecule has 0 radical (unpaired) electrons. The van der Waals surface area contributed by atoms with Gasteiger partial charge in [-0.15, -0.1) is 12.4 Å². The van der Waals surface area contributed by atoms with Gasteiger partial charge in [-0.05, 0) is 31.9 Å². The van der Waals surface area contributed by atoms with E-state index < -0.39 is 0 Å². The van der Waals surface area contributed by atoms with E-state index in [1.165, 1.54) is 12.0 Å². The molecule has 1 aromatic rings. The molecule has 2 N–H and O–H groups in total. The van der Waals surface area contributed by atoms with Gasteiger partial charge in [-0.1, -0.05) is 6.07 Å². The quantitative estimate of drug-likeness (QED) is 0.906. The van der Waals surface area contributed by atoms with E-state index in [1.807, 2.05) is 12.1 Å². The summed E-state index contributed by atoms with van der Waals surface area (Å²) < 4.78 is 10.7. The van der Waals surface area contributed by atoms with Gasteiger partial charge in [0.05, 0.1) is 14.2 Å². The third-order valence-electron chi connectivity index (χ3n) is 3.99. The number of halogens is 1. The van der Waals surface area contributed by atoms with Gasteiger partial charge < -0.3 is 15.2 Å². The zero-order valence-electron chi connectivity index (χ0n) is 12.5. The highest BCUT2D eigenvalue weighted by atomic mass is 35.5. The summed E-state index contributed by atoms with van der Waals surface area (Å²) in [6, 6.07) is 6.59. The van der Waals surface area contributed by atoms with E-state index in [0.29, 0.717) is 12.0 Å². The van der Waals surface area contributed by atoms with E-state index in [-0.39, 0.29) is 12.4 Å². The summed E-state index contributed by atoms with van der Waals surface area (Å²) in [6.45, 7) is 5.03. The monoisotopic (exact) mass is 300 g/mol. The van der Waals surface area contributed by atoms with Crippen molar-refractivity contribution in [1.82, 2.24) is 4.90 Å². The highest BCUT2D eigenvalue weighted by Crippen LogP contribution is 2.29. The maximum atomic E-state index is 5.78. The summed E-state index contributed by atoms with van der Waals surface area (Å²) >= 11 is 0. The molecule has 1 aromatic carbocycles. The smallest absolute Gasteiger partial charge is 0.127 e. The predicted octanol–water partition coefficient (Wildman–Crippen LogP) is 2.29. The molecule has 0 amide bonds. The van der Waals surface area contributed by atoms with Crippen molar-refractivity contribution in [1.29, 1.82) is 0 Å². The molecule has 1 aliphatic rings. The average Bonchev–Trinajstić information content (AvgIpc) is 2.80. The van der Waals surface area contributed by atoms with Crippen molar-refractivity contribution in [3.8, 4) is 11.5 Å². The van der Waals surface area contributed by atoms with Crippen LogP contribution in [0.3, 0.4) is 0 Å². The highest BCUT2D eigenvalue weighted by Gasteiger charge is 2.28. The molecular formula is C15H25ClN2O2. The van der Waals surface area contributed by atoms with Crippen LogP contribution in [0.15, 0.2) is 18.2 Å². The second kappa shape index (κ2) is 7.72. The number of hydrogen-bond acceptors (Lipinski definition) is 4. The first-order valence-corrected chi connectivity index (χ1v) is 6.83. The summed E-state index contributed by atoms with van der Waals surface area (Å²) in [4.78, 5) is 2.47. The Labute approximate surface area is 127 Å². The van der Waals surface area contributed by atoms with Gasteiger partial charge in [0.2, 0.25) is 0 Å². The molecule has 5 heteroatoms. The van der Waals surface area contributed by atoms with Gasteiger partial charge in [-0.3, -0.25) is 4.90 Å². The van der Waals surface area contributed by atoms with Gasteiger partial charge in [-0.2, -0.15) is 0 Å². The molecule has 0 aliphatic carbocycles. The number of methoxy groups -OCH3 is 2. The lowest BCUT2D eigenvalue weighted by Gasteiger charge is -2.22. The Kier molecular flexibility index (Phi) is 6.59. The third-order valence-corrected chi connectivity index (χ3v) is 3.99. The molecule has 0 saturated carbocycles. The first kappa shape index (κ1) is 17.1. The summed E-state index contributed by atoms with van der Waals surface area (Å²) in [5.74, 6) is 2.34. The molecule has 20 heavy (non-hydrogen) atoms. The molecule has 4 nitrogen and oxygen atoms in total. The Bertz CT molecular complexity index is 428. The summed E-state index contributed by atoms with van der Waals surface area (Å²) in [6.07, 6.45) is 1.19. The molecule has 0 bridgehead atoms. The number of nitrogens with zero attached hydrogens (tertiary/aromatic N) is 1. The minimum Gasteiger partial charge on any atom is -0.497 e. The third kappa shape index (κ3) is 3.78. The summed E-state index contributed by atoms with van der Waals surface area (Å²) in [7, 11) is 3.37. The first-order valence-electron chi connectivity index (χ1n) is 6.83. The molecule has 1 saturated heterocycles. The van der Waals surface area contributed by atoms with Crippen LogP contribution < -0.4 is 15.2 Å². The van der Waals surface area contributed by atoms with E-state index in [9.17, 15) is 0 Å². The van der Waals surface area contributed by atoms with Gasteiger partial charge in [0.1, 0.15) is 11.5 Å². The minimum atomic E-state index is 0. The predicted molar refractivity (Wildman–Crippen MR) is 83.8 cm³/mol. The maximum Gasteiger partial charge on any atom is 0.127 e. The lowest BCUT2D eigenvalue weighted by Crippen LogP contribution is -2.27. The molecule has 2 unspecified atom stereocenters. The van der Waals surface area contributed by atoms with Crippen molar-refractivity contribution in [2.75, 3.05) is 27.3 Å². The van der Waals surface area contributed by atoms with Gasteiger partial charge in [0, 0.05) is 30.8 Å². The molecule has 0 aromatic heterocycles. The molecule has 114 valence electrons. The topological polar surface area (TPSA) is 47.7 Å². The lowest BCUT2D eigenvalue weighted by molar-refractivity contribution is 0.251. The molecule has 2 atom stereocenters. The molecule has 1 aliphatic heterocycles. The molecule has 1 fully saturated rings. The number of hydrogen-bond donors (Lipinski definition) is 1. The van der Waals surface area contributed by atoms with Crippen LogP contribution in [0.2, 0.25) is 0 Å². The van der Waals surface area contributed by atoms with E-state index in [1.54, 1.807) is 14.2 Å². The Balaban J connectivity index is 0.00000200. The fourth-order valence-electron chi connectivity index (χ4n) is 2.81. The number of ether oxygens (including phenoxy) is 2. The number of likely N-dealkylation sites (tertiary alicyclic amines) is 1. The first-order chi connectivity index (χ1) is 9.17. The molecule has 2 rings (SSSR count). The maximum absolute atomic E-state index is 5.78. The Hall–Kier alpha value is -0.970. The van der Waals surface area contributed by atoms with E-state index in [0.717, 1.165) is 31.1 Å². The van der Waals surface area contributed by atoms with Crippen molar-refractivity contribution in [2.24, 2.45) is 11.7 Å². The van der Waals surface area contributed by atoms with E-state index in [4.69, 9.17) is 15.2 Å². The van der Waals surface area contributed by atoms with Gasteiger partial charge in [0.15, 0.2) is 0 Å². The van der Waals surface area contributed by atoms with Crippen molar-refractivity contribution in [3.63, 3.8) is 0 Å². The SMILES string of the molecule is COc1ccc(CN2CC(CN)CC2C)c(OC)c1.Cl. The zero-order chi connectivity index (χ0) is 13.8. The zero-order valence-corrected chi connectivity index (χ0v) is 13.3. The van der Waals surface area contributed by atoms with Crippen LogP contribution in [-0.2, 0) is 6.54 Å². The van der Waals surface area contributed by atoms with Gasteiger partial charge in [0.25, 0.3) is 0 Å². The van der Waals surface area contributed by atoms with Gasteiger partial charge >= 0.3 is 0 Å². The van der Waals surface area contributed by atoms with E-state index >= 15 is 0 Å². The largest absolute Gasteiger partial charge is 0.497 e. The highest BCUT2D eigenvalue weighted by molar-refractivity contribution is 5.85. The van der Waals surface area contributed by atoms with Crippen LogP contribution in [0, 0.1) is 5.92 Å². The van der Waals surface area contributed by atoms with Crippen molar-refractivity contribution < 1.29 is 9.47 Å². The number of benzene rings is 1. The average molecular weight is 301 g/mol. The molecular weight excluding hydrogens is 276 g/mol. The van der Waals surface area contributed by atoms with Crippen LogP contribution in [0.5, 0.6) is 11.5 Å². The lowest BCUT2D eigenvalue weighted by atomic mass is 10.1. The normalized spacial score (nSPS) is 22.4. The standard InChI is InChI=1S/C15H24N2O2.ClH/c1-11-6-12(8-16)9-17(11)10-13-4-5-14(18-2)7-15(13)19-3;/h4-5,7,11-12H,6,8-10,16H2,1-3H3;1H. The second-order valence-corrected chi connectivity index (χ2v) is 5.29. The molecule has 1 heterocycles. The fourth-order valence-corrected chi connectivity index (χ4v) is 2.81. The summed E-state index contributed by atoms with van der Waals surface area (Å²) in [5.41, 5.74) is 6.98. The van der Waals surface area contributed by atoms with Crippen molar-refractivity contribution >= 4 is 12.4 Å².